The van der Waals surface area contributed by atoms with Crippen molar-refractivity contribution in [3.63, 3.8) is 0 Å². The summed E-state index contributed by atoms with van der Waals surface area (Å²) >= 11 is 0. The highest BCUT2D eigenvalue weighted by Crippen LogP contribution is 2.30. The maximum atomic E-state index is 9.49. The number of hydrogen-bond acceptors (Lipinski definition) is 3. The van der Waals surface area contributed by atoms with Gasteiger partial charge in [-0.15, -0.1) is 0 Å². The summed E-state index contributed by atoms with van der Waals surface area (Å²) in [5.74, 6) is 1.16. The molecule has 0 bridgehead atoms. The lowest BCUT2D eigenvalue weighted by atomic mass is 9.90. The molecule has 0 fully saturated rings. The molecule has 1 aromatic rings. The van der Waals surface area contributed by atoms with Crippen LogP contribution in [0.2, 0.25) is 0 Å². The molecule has 2 atom stereocenters. The molecule has 102 valence electrons. The molecule has 1 rings (SSSR count). The Kier molecular flexibility index (Phi) is 6.16. The second-order valence-electron chi connectivity index (χ2n) is 4.76. The number of benzene rings is 1. The van der Waals surface area contributed by atoms with E-state index in [1.54, 1.807) is 0 Å². The third-order valence-corrected chi connectivity index (χ3v) is 3.29. The maximum Gasteiger partial charge on any atom is 0.119 e. The zero-order valence-electron chi connectivity index (χ0n) is 11.9. The first-order valence-corrected chi connectivity index (χ1v) is 6.64. The Morgan fingerprint density at radius 1 is 1.17 bits per heavy atom. The van der Waals surface area contributed by atoms with Gasteiger partial charge in [0.25, 0.3) is 0 Å². The van der Waals surface area contributed by atoms with Gasteiger partial charge < -0.3 is 14.7 Å². The predicted molar refractivity (Wildman–Crippen MR) is 74.9 cm³/mol. The minimum absolute atomic E-state index is 0.215. The highest BCUT2D eigenvalue weighted by molar-refractivity contribution is 5.29. The predicted octanol–water partition coefficient (Wildman–Crippen LogP) is 2.71. The summed E-state index contributed by atoms with van der Waals surface area (Å²) in [5, 5.41) is 9.49. The van der Waals surface area contributed by atoms with Crippen molar-refractivity contribution in [1.82, 2.24) is 4.90 Å². The van der Waals surface area contributed by atoms with Crippen LogP contribution >= 0.6 is 0 Å². The van der Waals surface area contributed by atoms with Crippen molar-refractivity contribution in [2.75, 3.05) is 27.3 Å². The van der Waals surface area contributed by atoms with Crippen LogP contribution in [-0.4, -0.2) is 37.3 Å². The third-order valence-electron chi connectivity index (χ3n) is 3.29. The lowest BCUT2D eigenvalue weighted by Gasteiger charge is -2.31. The van der Waals surface area contributed by atoms with Crippen molar-refractivity contribution >= 4 is 0 Å². The molecule has 0 amide bonds. The van der Waals surface area contributed by atoms with Gasteiger partial charge in [0.15, 0.2) is 0 Å². The lowest BCUT2D eigenvalue weighted by Crippen LogP contribution is -2.29. The van der Waals surface area contributed by atoms with E-state index in [4.69, 9.17) is 4.74 Å². The molecule has 0 saturated heterocycles. The number of nitrogens with zero attached hydrogens (tertiary/aromatic N) is 1. The number of aliphatic hydroxyl groups excluding tert-OH is 1. The summed E-state index contributed by atoms with van der Waals surface area (Å²) in [4.78, 5) is 2.17. The maximum absolute atomic E-state index is 9.49. The Morgan fingerprint density at radius 3 is 2.17 bits per heavy atom. The molecule has 0 spiro atoms. The second kappa shape index (κ2) is 7.39. The van der Waals surface area contributed by atoms with Gasteiger partial charge in [0, 0.05) is 18.6 Å². The van der Waals surface area contributed by atoms with E-state index < -0.39 is 0 Å². The van der Waals surface area contributed by atoms with Gasteiger partial charge in [-0.1, -0.05) is 19.1 Å². The third kappa shape index (κ3) is 3.72. The molecule has 0 radical (unpaired) electrons. The Bertz CT molecular complexity index is 331. The van der Waals surface area contributed by atoms with Gasteiger partial charge in [-0.2, -0.15) is 0 Å². The van der Waals surface area contributed by atoms with Crippen molar-refractivity contribution < 1.29 is 9.84 Å². The van der Waals surface area contributed by atoms with Crippen molar-refractivity contribution in [2.24, 2.45) is 5.92 Å². The number of ether oxygens (including phenoxy) is 1. The Balaban J connectivity index is 2.92. The molecule has 18 heavy (non-hydrogen) atoms. The summed E-state index contributed by atoms with van der Waals surface area (Å²) in [5.41, 5.74) is 1.23. The van der Waals surface area contributed by atoms with Crippen molar-refractivity contribution in [3.05, 3.63) is 29.8 Å². The van der Waals surface area contributed by atoms with Crippen molar-refractivity contribution in [3.8, 4) is 5.75 Å². The molecule has 0 heterocycles. The zero-order chi connectivity index (χ0) is 13.5. The first-order valence-electron chi connectivity index (χ1n) is 6.64. The normalized spacial score (nSPS) is 14.6. The average molecular weight is 251 g/mol. The second-order valence-corrected chi connectivity index (χ2v) is 4.76. The van der Waals surface area contributed by atoms with E-state index in [1.165, 1.54) is 5.56 Å². The fraction of sp³-hybridized carbons (Fsp3) is 0.600. The minimum Gasteiger partial charge on any atom is -0.494 e. The zero-order valence-corrected chi connectivity index (χ0v) is 11.9. The van der Waals surface area contributed by atoms with Crippen LogP contribution in [0, 0.1) is 5.92 Å². The molecule has 0 saturated carbocycles. The van der Waals surface area contributed by atoms with Crippen molar-refractivity contribution in [2.45, 2.75) is 26.3 Å². The number of hydrogen-bond donors (Lipinski definition) is 1. The molecule has 0 aliphatic carbocycles. The number of rotatable bonds is 7. The van der Waals surface area contributed by atoms with Crippen LogP contribution in [0.25, 0.3) is 0 Å². The van der Waals surface area contributed by atoms with Gasteiger partial charge in [-0.05, 0) is 45.1 Å². The van der Waals surface area contributed by atoms with E-state index >= 15 is 0 Å². The highest BCUT2D eigenvalue weighted by Gasteiger charge is 2.23. The Morgan fingerprint density at radius 2 is 1.78 bits per heavy atom. The first kappa shape index (κ1) is 15.0. The molecule has 0 aliphatic rings. The van der Waals surface area contributed by atoms with Crippen LogP contribution in [0.5, 0.6) is 5.75 Å². The van der Waals surface area contributed by atoms with Gasteiger partial charge in [0.1, 0.15) is 5.75 Å². The van der Waals surface area contributed by atoms with Crippen LogP contribution in [-0.2, 0) is 0 Å². The van der Waals surface area contributed by atoms with Crippen LogP contribution in [0.15, 0.2) is 24.3 Å². The molecular weight excluding hydrogens is 226 g/mol. The molecule has 2 unspecified atom stereocenters. The highest BCUT2D eigenvalue weighted by atomic mass is 16.5. The smallest absolute Gasteiger partial charge is 0.119 e. The topological polar surface area (TPSA) is 32.7 Å². The van der Waals surface area contributed by atoms with Gasteiger partial charge >= 0.3 is 0 Å². The quantitative estimate of drug-likeness (QED) is 0.808. The standard InChI is InChI=1S/C15H25NO2/c1-5-12(11-17)15(16(3)4)13-7-9-14(10-8-13)18-6-2/h7-10,12,15,17H,5-6,11H2,1-4H3. The monoisotopic (exact) mass is 251 g/mol. The lowest BCUT2D eigenvalue weighted by molar-refractivity contribution is 0.130. The van der Waals surface area contributed by atoms with Gasteiger partial charge in [-0.3, -0.25) is 0 Å². The summed E-state index contributed by atoms with van der Waals surface area (Å²) < 4.78 is 5.45. The SMILES string of the molecule is CCOc1ccc(C(C(CC)CO)N(C)C)cc1. The van der Waals surface area contributed by atoms with Gasteiger partial charge in [0.05, 0.1) is 6.61 Å². The average Bonchev–Trinajstić information content (AvgIpc) is 2.37. The summed E-state index contributed by atoms with van der Waals surface area (Å²) in [7, 11) is 4.11. The largest absolute Gasteiger partial charge is 0.494 e. The van der Waals surface area contributed by atoms with E-state index in [1.807, 2.05) is 19.1 Å². The van der Waals surface area contributed by atoms with Gasteiger partial charge in [0.2, 0.25) is 0 Å². The fourth-order valence-electron chi connectivity index (χ4n) is 2.37. The van der Waals surface area contributed by atoms with E-state index in [0.29, 0.717) is 6.61 Å². The minimum atomic E-state index is 0.215. The van der Waals surface area contributed by atoms with E-state index in [0.717, 1.165) is 12.2 Å². The number of aliphatic hydroxyl groups is 1. The van der Waals surface area contributed by atoms with E-state index in [2.05, 4.69) is 38.1 Å². The molecule has 1 aromatic carbocycles. The van der Waals surface area contributed by atoms with Crippen LogP contribution < -0.4 is 4.74 Å². The van der Waals surface area contributed by atoms with Crippen LogP contribution in [0.1, 0.15) is 31.9 Å². The fourth-order valence-corrected chi connectivity index (χ4v) is 2.37. The Labute approximate surface area is 110 Å². The van der Waals surface area contributed by atoms with Crippen molar-refractivity contribution in [1.29, 1.82) is 0 Å². The summed E-state index contributed by atoms with van der Waals surface area (Å²) in [6.45, 7) is 5.00. The Hall–Kier alpha value is -1.06. The van der Waals surface area contributed by atoms with Crippen LogP contribution in [0.4, 0.5) is 0 Å². The molecule has 0 aliphatic heterocycles. The first-order chi connectivity index (χ1) is 8.63. The van der Waals surface area contributed by atoms with E-state index in [9.17, 15) is 5.11 Å². The molecule has 1 N–H and O–H groups in total. The summed E-state index contributed by atoms with van der Waals surface area (Å²) in [6, 6.07) is 8.43. The van der Waals surface area contributed by atoms with Gasteiger partial charge in [-0.25, -0.2) is 0 Å². The summed E-state index contributed by atoms with van der Waals surface area (Å²) in [6.07, 6.45) is 0.965. The molecular formula is C15H25NO2. The molecule has 3 nitrogen and oxygen atoms in total. The van der Waals surface area contributed by atoms with Crippen LogP contribution in [0.3, 0.4) is 0 Å². The molecule has 3 heteroatoms. The van der Waals surface area contributed by atoms with E-state index in [-0.39, 0.29) is 18.6 Å². The molecule has 0 aromatic heterocycles.